The molecule has 1 aromatic carbocycles. The first-order valence-electron chi connectivity index (χ1n) is 12.0. The van der Waals surface area contributed by atoms with Crippen molar-refractivity contribution in [2.45, 2.75) is 44.6 Å². The van der Waals surface area contributed by atoms with Crippen molar-refractivity contribution >= 4 is 23.1 Å². The minimum atomic E-state index is -0.264. The predicted octanol–water partition coefficient (Wildman–Crippen LogP) is 4.19. The van der Waals surface area contributed by atoms with Crippen LogP contribution in [0.1, 0.15) is 49.7 Å². The summed E-state index contributed by atoms with van der Waals surface area (Å²) in [6, 6.07) is 11.3. The van der Waals surface area contributed by atoms with E-state index in [2.05, 4.69) is 43.6 Å². The molecule has 9 heteroatoms. The molecule has 0 amide bonds. The molecule has 1 aliphatic carbocycles. The van der Waals surface area contributed by atoms with E-state index >= 15 is 0 Å². The van der Waals surface area contributed by atoms with Crippen molar-refractivity contribution in [3.8, 4) is 12.1 Å². The Morgan fingerprint density at radius 2 is 1.81 bits per heavy atom. The largest absolute Gasteiger partial charge is 0.382 e. The summed E-state index contributed by atoms with van der Waals surface area (Å²) in [5.41, 5.74) is 14.8. The van der Waals surface area contributed by atoms with Crippen LogP contribution in [-0.2, 0) is 0 Å². The molecule has 36 heavy (non-hydrogen) atoms. The summed E-state index contributed by atoms with van der Waals surface area (Å²) in [7, 11) is 2.00. The van der Waals surface area contributed by atoms with Crippen LogP contribution >= 0.6 is 0 Å². The molecule has 188 valence electrons. The minimum absolute atomic E-state index is 0.264. The summed E-state index contributed by atoms with van der Waals surface area (Å²) >= 11 is 0. The van der Waals surface area contributed by atoms with Gasteiger partial charge in [0.1, 0.15) is 11.8 Å². The molecular weight excluding hydrogens is 450 g/mol. The number of rotatable bonds is 7. The van der Waals surface area contributed by atoms with Gasteiger partial charge in [-0.1, -0.05) is 63.0 Å². The second kappa shape index (κ2) is 15.8. The number of nitriles is 2. The fraction of sp³-hybridized carbons (Fsp3) is 0.370. The Balaban J connectivity index is 0.000000245. The number of anilines is 1. The number of fused-ring (bicyclic) bond motifs is 1. The number of nitrogen functional groups attached to an aromatic ring is 1. The molecular formula is C27H35N9. The van der Waals surface area contributed by atoms with Crippen LogP contribution in [-0.4, -0.2) is 51.0 Å². The van der Waals surface area contributed by atoms with Gasteiger partial charge >= 0.3 is 0 Å². The quantitative estimate of drug-likeness (QED) is 0.420. The maximum atomic E-state index is 8.73. The first kappa shape index (κ1) is 28.2. The molecule has 1 fully saturated rings. The molecule has 1 unspecified atom stereocenters. The lowest BCUT2D eigenvalue weighted by Crippen LogP contribution is -2.29. The van der Waals surface area contributed by atoms with Crippen LogP contribution in [0.2, 0.25) is 0 Å². The second-order valence-electron chi connectivity index (χ2n) is 8.56. The highest BCUT2D eigenvalue weighted by Gasteiger charge is 2.07. The molecule has 0 bridgehead atoms. The van der Waals surface area contributed by atoms with Gasteiger partial charge in [0.25, 0.3) is 0 Å². The number of aromatic nitrogens is 4. The van der Waals surface area contributed by atoms with Crippen molar-refractivity contribution in [2.24, 2.45) is 5.73 Å². The first-order chi connectivity index (χ1) is 17.4. The van der Waals surface area contributed by atoms with E-state index in [0.717, 1.165) is 18.7 Å². The Morgan fingerprint density at radius 3 is 2.39 bits per heavy atom. The zero-order valence-electron chi connectivity index (χ0n) is 20.9. The van der Waals surface area contributed by atoms with Crippen LogP contribution in [0.15, 0.2) is 55.1 Å². The summed E-state index contributed by atoms with van der Waals surface area (Å²) in [6.45, 7) is 5.23. The lowest BCUT2D eigenvalue weighted by atomic mass is 10.1. The van der Waals surface area contributed by atoms with E-state index < -0.39 is 0 Å². The Bertz CT molecular complexity index is 1170. The van der Waals surface area contributed by atoms with Crippen molar-refractivity contribution in [3.63, 3.8) is 0 Å². The Labute approximate surface area is 213 Å². The number of likely N-dealkylation sites (N-methyl/N-ethyl adjacent to an activating group) is 1. The van der Waals surface area contributed by atoms with E-state index in [1.54, 1.807) is 12.1 Å². The van der Waals surface area contributed by atoms with Gasteiger partial charge in [0.2, 0.25) is 0 Å². The highest BCUT2D eigenvalue weighted by Crippen LogP contribution is 2.15. The first-order valence-corrected chi connectivity index (χ1v) is 12.0. The van der Waals surface area contributed by atoms with Gasteiger partial charge in [-0.3, -0.25) is 0 Å². The van der Waals surface area contributed by atoms with Crippen molar-refractivity contribution in [1.82, 2.24) is 24.8 Å². The van der Waals surface area contributed by atoms with E-state index in [4.69, 9.17) is 22.0 Å². The van der Waals surface area contributed by atoms with Crippen LogP contribution in [0.3, 0.4) is 0 Å². The van der Waals surface area contributed by atoms with Gasteiger partial charge in [-0.2, -0.15) is 10.5 Å². The molecule has 1 atom stereocenters. The molecule has 0 spiro atoms. The fourth-order valence-corrected chi connectivity index (χ4v) is 3.41. The average Bonchev–Trinajstić information content (AvgIpc) is 3.64. The van der Waals surface area contributed by atoms with Crippen LogP contribution < -0.4 is 11.5 Å². The molecule has 1 aliphatic rings. The predicted molar refractivity (Wildman–Crippen MR) is 144 cm³/mol. The molecule has 2 heterocycles. The maximum Gasteiger partial charge on any atom is 0.182 e. The summed E-state index contributed by atoms with van der Waals surface area (Å²) in [4.78, 5) is 16.5. The van der Waals surface area contributed by atoms with E-state index in [-0.39, 0.29) is 6.04 Å². The zero-order valence-corrected chi connectivity index (χ0v) is 20.9. The fourth-order valence-electron chi connectivity index (χ4n) is 3.41. The second-order valence-corrected chi connectivity index (χ2v) is 8.56. The molecule has 5 N–H and O–H groups in total. The summed E-state index contributed by atoms with van der Waals surface area (Å²) < 4.78 is 0. The van der Waals surface area contributed by atoms with Gasteiger partial charge in [-0.25, -0.2) is 15.0 Å². The number of nitrogens with zero attached hydrogens (tertiary/aromatic N) is 6. The number of nitrogens with one attached hydrogen (secondary N) is 1. The van der Waals surface area contributed by atoms with Crippen molar-refractivity contribution in [2.75, 3.05) is 25.9 Å². The van der Waals surface area contributed by atoms with Gasteiger partial charge in [0.05, 0.1) is 24.0 Å². The lowest BCUT2D eigenvalue weighted by Gasteiger charge is -2.17. The molecule has 0 saturated heterocycles. The topological polar surface area (TPSA) is 157 Å². The number of aromatic amines is 1. The third kappa shape index (κ3) is 10.1. The molecule has 0 aliphatic heterocycles. The normalized spacial score (nSPS) is 13.2. The van der Waals surface area contributed by atoms with Gasteiger partial charge in [0, 0.05) is 18.2 Å². The molecule has 3 aromatic rings. The molecule has 4 rings (SSSR count). The third-order valence-electron chi connectivity index (χ3n) is 5.68. The highest BCUT2D eigenvalue weighted by molar-refractivity contribution is 5.80. The van der Waals surface area contributed by atoms with Crippen LogP contribution in [0.4, 0.5) is 5.82 Å². The number of hydrogen-bond donors (Lipinski definition) is 3. The van der Waals surface area contributed by atoms with Crippen LogP contribution in [0.25, 0.3) is 17.2 Å². The number of benzene rings is 1. The molecule has 0 radical (unpaired) electrons. The maximum absolute atomic E-state index is 8.73. The monoisotopic (exact) mass is 485 g/mol. The highest BCUT2D eigenvalue weighted by atomic mass is 15.1. The average molecular weight is 486 g/mol. The molecule has 2 aromatic heterocycles. The molecule has 1 saturated carbocycles. The number of H-pyrrole nitrogens is 1. The standard InChI is InChI=1S/C17H20N4.C5H5N5.C5H10/c1-14(12-18)17(20)9-11-21(2)10-3-4-15-5-7-16(13-19)8-6-15;6-4-3-5(9-1-7-3)10-2-8-4;1-2-4-5-3-1/h3-8,17H,1,9-11,20H2,2H3;1-2H,(H3,6,7,8,9,10);1-5H2/b4-3+;;. The van der Waals surface area contributed by atoms with Gasteiger partial charge in [0.15, 0.2) is 11.5 Å². The van der Waals surface area contributed by atoms with Gasteiger partial charge in [-0.05, 0) is 37.7 Å². The van der Waals surface area contributed by atoms with Gasteiger partial charge in [-0.15, -0.1) is 0 Å². The number of imidazole rings is 1. The van der Waals surface area contributed by atoms with E-state index in [9.17, 15) is 0 Å². The van der Waals surface area contributed by atoms with Crippen molar-refractivity contribution in [3.05, 3.63) is 66.3 Å². The van der Waals surface area contributed by atoms with Gasteiger partial charge < -0.3 is 21.4 Å². The summed E-state index contributed by atoms with van der Waals surface area (Å²) in [5.74, 6) is 0.433. The van der Waals surface area contributed by atoms with Crippen LogP contribution in [0, 0.1) is 22.7 Å². The van der Waals surface area contributed by atoms with E-state index in [0.29, 0.717) is 34.5 Å². The van der Waals surface area contributed by atoms with E-state index in [1.807, 2.05) is 31.3 Å². The van der Waals surface area contributed by atoms with Crippen molar-refractivity contribution < 1.29 is 0 Å². The number of nitrogens with two attached hydrogens (primary N) is 2. The Morgan fingerprint density at radius 1 is 1.14 bits per heavy atom. The Kier molecular flexibility index (Phi) is 12.4. The number of hydrogen-bond acceptors (Lipinski definition) is 8. The minimum Gasteiger partial charge on any atom is -0.382 e. The van der Waals surface area contributed by atoms with E-state index in [1.165, 1.54) is 44.8 Å². The SMILES string of the molecule is C1CCCC1.C=C(C#N)C(N)CCN(C)C/C=C/c1ccc(C#N)cc1.Nc1ncnc2nc[nH]c12. The summed E-state index contributed by atoms with van der Waals surface area (Å²) in [5, 5.41) is 17.4. The lowest BCUT2D eigenvalue weighted by molar-refractivity contribution is 0.357. The smallest absolute Gasteiger partial charge is 0.182 e. The third-order valence-corrected chi connectivity index (χ3v) is 5.68. The summed E-state index contributed by atoms with van der Waals surface area (Å²) in [6.07, 6.45) is 15.2. The zero-order chi connectivity index (χ0) is 26.2. The molecule has 9 nitrogen and oxygen atoms in total. The van der Waals surface area contributed by atoms with Crippen LogP contribution in [0.5, 0.6) is 0 Å². The Hall–Kier alpha value is -4.05. The van der Waals surface area contributed by atoms with Crippen molar-refractivity contribution in [1.29, 1.82) is 10.5 Å².